The Morgan fingerprint density at radius 3 is 2.58 bits per heavy atom. The number of hydrogen-bond acceptors (Lipinski definition) is 5. The zero-order valence-electron chi connectivity index (χ0n) is 14.1. The Morgan fingerprint density at radius 1 is 1.23 bits per heavy atom. The standard InChI is InChI=1S/C18H19FN2O5/c19-13-3-1-12(2-4-13)18-20-14(11-26-18)9-16(22)21(10-17(23)24)15-5-7-25-8-6-15/h1-4,11,15H,5-10H2,(H,23,24). The molecule has 7 nitrogen and oxygen atoms in total. The predicted octanol–water partition coefficient (Wildman–Crippen LogP) is 2.12. The van der Waals surface area contributed by atoms with Gasteiger partial charge in [-0.05, 0) is 37.1 Å². The van der Waals surface area contributed by atoms with E-state index in [4.69, 9.17) is 14.3 Å². The van der Waals surface area contributed by atoms with Crippen molar-refractivity contribution in [2.24, 2.45) is 0 Å². The highest BCUT2D eigenvalue weighted by Gasteiger charge is 2.28. The van der Waals surface area contributed by atoms with Crippen LogP contribution in [0.5, 0.6) is 0 Å². The maximum atomic E-state index is 13.0. The number of benzene rings is 1. The van der Waals surface area contributed by atoms with Crippen LogP contribution in [-0.4, -0.2) is 52.7 Å². The molecule has 2 heterocycles. The summed E-state index contributed by atoms with van der Waals surface area (Å²) in [4.78, 5) is 29.4. The first kappa shape index (κ1) is 18.1. The van der Waals surface area contributed by atoms with Crippen molar-refractivity contribution in [3.05, 3.63) is 42.0 Å². The molecule has 2 aromatic rings. The van der Waals surface area contributed by atoms with Gasteiger partial charge in [-0.3, -0.25) is 9.59 Å². The Balaban J connectivity index is 1.70. The van der Waals surface area contributed by atoms with E-state index in [1.807, 2.05) is 0 Å². The average Bonchev–Trinajstić information content (AvgIpc) is 3.09. The van der Waals surface area contributed by atoms with Crippen LogP contribution in [0, 0.1) is 5.82 Å². The number of rotatable bonds is 6. The SMILES string of the molecule is O=C(O)CN(C(=O)Cc1coc(-c2ccc(F)cc2)n1)C1CCOCC1. The van der Waals surface area contributed by atoms with Crippen molar-refractivity contribution in [2.45, 2.75) is 25.3 Å². The van der Waals surface area contributed by atoms with Crippen LogP contribution in [0.15, 0.2) is 34.9 Å². The number of carboxylic acids is 1. The van der Waals surface area contributed by atoms with Crippen LogP contribution in [0.1, 0.15) is 18.5 Å². The molecule has 0 aliphatic carbocycles. The van der Waals surface area contributed by atoms with E-state index in [-0.39, 0.29) is 36.6 Å². The average molecular weight is 362 g/mol. The molecule has 1 aromatic heterocycles. The van der Waals surface area contributed by atoms with Crippen molar-refractivity contribution in [1.29, 1.82) is 0 Å². The predicted molar refractivity (Wildman–Crippen MR) is 88.8 cm³/mol. The Bertz CT molecular complexity index is 768. The van der Waals surface area contributed by atoms with Crippen LogP contribution in [0.25, 0.3) is 11.5 Å². The first-order valence-electron chi connectivity index (χ1n) is 8.32. The molecule has 1 aliphatic heterocycles. The number of aliphatic carboxylic acids is 1. The third kappa shape index (κ3) is 4.45. The Morgan fingerprint density at radius 2 is 1.92 bits per heavy atom. The topological polar surface area (TPSA) is 92.9 Å². The van der Waals surface area contributed by atoms with Crippen molar-refractivity contribution in [2.75, 3.05) is 19.8 Å². The van der Waals surface area contributed by atoms with Gasteiger partial charge in [-0.2, -0.15) is 0 Å². The lowest BCUT2D eigenvalue weighted by Gasteiger charge is -2.33. The van der Waals surface area contributed by atoms with E-state index in [9.17, 15) is 14.0 Å². The van der Waals surface area contributed by atoms with Crippen LogP contribution in [0.2, 0.25) is 0 Å². The summed E-state index contributed by atoms with van der Waals surface area (Å²) in [5, 5.41) is 9.11. The molecule has 8 heteroatoms. The lowest BCUT2D eigenvalue weighted by atomic mass is 10.1. The molecule has 0 saturated carbocycles. The lowest BCUT2D eigenvalue weighted by molar-refractivity contribution is -0.147. The van der Waals surface area contributed by atoms with Crippen molar-refractivity contribution >= 4 is 11.9 Å². The van der Waals surface area contributed by atoms with E-state index in [2.05, 4.69) is 4.98 Å². The Kier molecular flexibility index (Phi) is 5.62. The molecule has 1 aliphatic rings. The van der Waals surface area contributed by atoms with Crippen LogP contribution in [0.4, 0.5) is 4.39 Å². The van der Waals surface area contributed by atoms with E-state index in [1.54, 1.807) is 0 Å². The van der Waals surface area contributed by atoms with Crippen molar-refractivity contribution in [1.82, 2.24) is 9.88 Å². The third-order valence-electron chi connectivity index (χ3n) is 4.23. The summed E-state index contributed by atoms with van der Waals surface area (Å²) < 4.78 is 23.6. The molecule has 1 amide bonds. The number of carbonyl (C=O) groups is 2. The minimum Gasteiger partial charge on any atom is -0.480 e. The van der Waals surface area contributed by atoms with Gasteiger partial charge in [0.05, 0.1) is 12.1 Å². The molecule has 1 N–H and O–H groups in total. The number of carbonyl (C=O) groups excluding carboxylic acids is 1. The van der Waals surface area contributed by atoms with Gasteiger partial charge in [0.15, 0.2) is 0 Å². The molecule has 26 heavy (non-hydrogen) atoms. The van der Waals surface area contributed by atoms with Crippen LogP contribution in [0.3, 0.4) is 0 Å². The van der Waals surface area contributed by atoms with Crippen LogP contribution < -0.4 is 0 Å². The van der Waals surface area contributed by atoms with Crippen molar-refractivity contribution in [3.8, 4) is 11.5 Å². The number of hydrogen-bond donors (Lipinski definition) is 1. The number of carboxylic acid groups (broad SMARTS) is 1. The minimum atomic E-state index is -1.06. The summed E-state index contributed by atoms with van der Waals surface area (Å²) in [5.74, 6) is -1.46. The highest BCUT2D eigenvalue weighted by molar-refractivity contribution is 5.83. The fourth-order valence-corrected chi connectivity index (χ4v) is 2.93. The Labute approximate surface area is 149 Å². The largest absolute Gasteiger partial charge is 0.480 e. The lowest BCUT2D eigenvalue weighted by Crippen LogP contribution is -2.46. The first-order valence-corrected chi connectivity index (χ1v) is 8.32. The third-order valence-corrected chi connectivity index (χ3v) is 4.23. The first-order chi connectivity index (χ1) is 12.5. The number of amides is 1. The smallest absolute Gasteiger partial charge is 0.323 e. The minimum absolute atomic E-state index is 0.0602. The monoisotopic (exact) mass is 362 g/mol. The second-order valence-corrected chi connectivity index (χ2v) is 6.09. The summed E-state index contributed by atoms with van der Waals surface area (Å²) in [5.41, 5.74) is 0.994. The zero-order chi connectivity index (χ0) is 18.5. The quantitative estimate of drug-likeness (QED) is 0.846. The summed E-state index contributed by atoms with van der Waals surface area (Å²) >= 11 is 0. The summed E-state index contributed by atoms with van der Waals surface area (Å²) in [7, 11) is 0. The van der Waals surface area contributed by atoms with E-state index in [1.165, 1.54) is 35.4 Å². The van der Waals surface area contributed by atoms with E-state index in [0.29, 0.717) is 37.3 Å². The molecule has 1 fully saturated rings. The van der Waals surface area contributed by atoms with E-state index in [0.717, 1.165) is 0 Å². The summed E-state index contributed by atoms with van der Waals surface area (Å²) in [6.07, 6.45) is 2.52. The van der Waals surface area contributed by atoms with Gasteiger partial charge >= 0.3 is 5.97 Å². The molecule has 0 spiro atoms. The molecule has 0 atom stereocenters. The Hall–Kier alpha value is -2.74. The van der Waals surface area contributed by atoms with Crippen molar-refractivity contribution in [3.63, 3.8) is 0 Å². The second kappa shape index (κ2) is 8.09. The van der Waals surface area contributed by atoms with Gasteiger partial charge < -0.3 is 19.2 Å². The zero-order valence-corrected chi connectivity index (χ0v) is 14.1. The fraction of sp³-hybridized carbons (Fsp3) is 0.389. The number of oxazole rings is 1. The highest BCUT2D eigenvalue weighted by atomic mass is 19.1. The molecule has 0 bridgehead atoms. The summed E-state index contributed by atoms with van der Waals surface area (Å²) in [6, 6.07) is 5.50. The molecule has 1 aromatic carbocycles. The maximum Gasteiger partial charge on any atom is 0.323 e. The molecule has 0 unspecified atom stereocenters. The van der Waals surface area contributed by atoms with Crippen molar-refractivity contribution < 1.29 is 28.2 Å². The van der Waals surface area contributed by atoms with Crippen LogP contribution >= 0.6 is 0 Å². The van der Waals surface area contributed by atoms with E-state index < -0.39 is 5.97 Å². The highest BCUT2D eigenvalue weighted by Crippen LogP contribution is 2.20. The normalized spacial score (nSPS) is 15.0. The van der Waals surface area contributed by atoms with Gasteiger partial charge in [-0.25, -0.2) is 9.37 Å². The molecular weight excluding hydrogens is 343 g/mol. The number of aromatic nitrogens is 1. The summed E-state index contributed by atoms with van der Waals surface area (Å²) in [6.45, 7) is 0.658. The number of ether oxygens (including phenoxy) is 1. The van der Waals surface area contributed by atoms with Gasteiger partial charge in [0, 0.05) is 24.8 Å². The number of halogens is 1. The van der Waals surface area contributed by atoms with Crippen LogP contribution in [-0.2, 0) is 20.7 Å². The molecule has 1 saturated heterocycles. The molecule has 0 radical (unpaired) electrons. The fourth-order valence-electron chi connectivity index (χ4n) is 2.93. The van der Waals surface area contributed by atoms with Gasteiger partial charge in [0.2, 0.25) is 11.8 Å². The van der Waals surface area contributed by atoms with Gasteiger partial charge in [-0.15, -0.1) is 0 Å². The molecule has 138 valence electrons. The van der Waals surface area contributed by atoms with E-state index >= 15 is 0 Å². The van der Waals surface area contributed by atoms with Gasteiger partial charge in [0.1, 0.15) is 18.6 Å². The van der Waals surface area contributed by atoms with Gasteiger partial charge in [0.25, 0.3) is 0 Å². The maximum absolute atomic E-state index is 13.0. The molecule has 3 rings (SSSR count). The molecular formula is C18H19FN2O5. The number of nitrogens with zero attached hydrogens (tertiary/aromatic N) is 2. The van der Waals surface area contributed by atoms with Gasteiger partial charge in [-0.1, -0.05) is 0 Å². The second-order valence-electron chi connectivity index (χ2n) is 6.09.